The third-order valence-electron chi connectivity index (χ3n) is 0.957. The predicted molar refractivity (Wildman–Crippen MR) is 40.0 cm³/mol. The molecule has 0 saturated heterocycles. The van der Waals surface area contributed by atoms with Crippen LogP contribution in [0.1, 0.15) is 0 Å². The van der Waals surface area contributed by atoms with Crippen LogP contribution < -0.4 is 5.48 Å². The highest BCUT2D eigenvalue weighted by Gasteiger charge is 1.98. The summed E-state index contributed by atoms with van der Waals surface area (Å²) in [4.78, 5) is 16.8. The Bertz CT molecular complexity index is 116. The number of amides is 1. The Morgan fingerprint density at radius 1 is 1.55 bits per heavy atom. The van der Waals surface area contributed by atoms with Gasteiger partial charge in [0, 0.05) is 6.54 Å². The van der Waals surface area contributed by atoms with Crippen LogP contribution in [0.15, 0.2) is 0 Å². The van der Waals surface area contributed by atoms with Crippen LogP contribution >= 0.6 is 0 Å². The summed E-state index contributed by atoms with van der Waals surface area (Å²) < 4.78 is 4.68. The molecule has 0 bridgehead atoms. The van der Waals surface area contributed by atoms with Crippen molar-refractivity contribution in [2.24, 2.45) is 0 Å². The molecule has 5 heteroatoms. The van der Waals surface area contributed by atoms with Gasteiger partial charge in [0.15, 0.2) is 0 Å². The lowest BCUT2D eigenvalue weighted by Gasteiger charge is -2.09. The fourth-order valence-corrected chi connectivity index (χ4v) is 0.434. The highest BCUT2D eigenvalue weighted by atomic mass is 16.7. The molecule has 0 aromatic rings. The predicted octanol–water partition coefficient (Wildman–Crippen LogP) is -0.164. The minimum atomic E-state index is -0.561. The summed E-state index contributed by atoms with van der Waals surface area (Å²) in [5.74, 6) is 0. The van der Waals surface area contributed by atoms with Gasteiger partial charge in [-0.05, 0) is 14.1 Å². The molecule has 0 heterocycles. The van der Waals surface area contributed by atoms with E-state index in [1.807, 2.05) is 24.5 Å². The monoisotopic (exact) mass is 162 g/mol. The Hall–Kier alpha value is -0.810. The van der Waals surface area contributed by atoms with Gasteiger partial charge in [-0.2, -0.15) is 5.48 Å². The second kappa shape index (κ2) is 5.94. The van der Waals surface area contributed by atoms with Crippen LogP contribution in [0.25, 0.3) is 0 Å². The minimum absolute atomic E-state index is 0.363. The van der Waals surface area contributed by atoms with Crippen LogP contribution in [0.3, 0.4) is 0 Å². The number of nitrogens with one attached hydrogen (secondary N) is 1. The van der Waals surface area contributed by atoms with Gasteiger partial charge in [0.25, 0.3) is 0 Å². The van der Waals surface area contributed by atoms with Crippen LogP contribution in [0.5, 0.6) is 0 Å². The molecule has 0 aromatic carbocycles. The molecule has 0 unspecified atom stereocenters. The molecule has 0 aromatic heterocycles. The number of likely N-dealkylation sites (N-methyl/N-ethyl adjacent to an activating group) is 1. The molecule has 0 aliphatic heterocycles. The number of carbonyl (C=O) groups is 1. The molecule has 11 heavy (non-hydrogen) atoms. The van der Waals surface area contributed by atoms with E-state index in [4.69, 9.17) is 0 Å². The first kappa shape index (κ1) is 10.2. The van der Waals surface area contributed by atoms with Gasteiger partial charge in [-0.25, -0.2) is 4.79 Å². The highest BCUT2D eigenvalue weighted by molar-refractivity contribution is 5.65. The van der Waals surface area contributed by atoms with Crippen LogP contribution in [-0.4, -0.2) is 45.3 Å². The van der Waals surface area contributed by atoms with E-state index in [0.29, 0.717) is 13.2 Å². The summed E-state index contributed by atoms with van der Waals surface area (Å²) in [6.07, 6.45) is -0.561. The second-order valence-electron chi connectivity index (χ2n) is 2.25. The second-order valence-corrected chi connectivity index (χ2v) is 2.25. The maximum atomic E-state index is 10.5. The molecule has 1 amide bonds. The minimum Gasteiger partial charge on any atom is -0.447 e. The number of ether oxygens (including phenoxy) is 1. The Kier molecular flexibility index (Phi) is 5.50. The van der Waals surface area contributed by atoms with Gasteiger partial charge in [-0.1, -0.05) is 0 Å². The van der Waals surface area contributed by atoms with Crippen molar-refractivity contribution in [2.45, 2.75) is 0 Å². The first-order valence-electron chi connectivity index (χ1n) is 3.27. The number of hydroxylamine groups is 1. The van der Waals surface area contributed by atoms with Crippen molar-refractivity contribution >= 4 is 6.09 Å². The third kappa shape index (κ3) is 7.08. The van der Waals surface area contributed by atoms with Crippen molar-refractivity contribution in [3.63, 3.8) is 0 Å². The largest absolute Gasteiger partial charge is 0.447 e. The quantitative estimate of drug-likeness (QED) is 0.583. The first-order valence-corrected chi connectivity index (χ1v) is 3.27. The third-order valence-corrected chi connectivity index (χ3v) is 0.957. The molecule has 0 radical (unpaired) electrons. The van der Waals surface area contributed by atoms with Crippen LogP contribution in [0, 0.1) is 0 Å². The van der Waals surface area contributed by atoms with Crippen molar-refractivity contribution in [3.05, 3.63) is 0 Å². The molecule has 0 fully saturated rings. The number of carbonyl (C=O) groups excluding carboxylic acids is 1. The van der Waals surface area contributed by atoms with Crippen molar-refractivity contribution in [1.29, 1.82) is 0 Å². The normalized spacial score (nSPS) is 9.82. The topological polar surface area (TPSA) is 50.8 Å². The lowest BCUT2D eigenvalue weighted by Crippen LogP contribution is -2.26. The lowest BCUT2D eigenvalue weighted by molar-refractivity contribution is 0.0559. The number of hydrogen-bond donors (Lipinski definition) is 1. The van der Waals surface area contributed by atoms with E-state index in [2.05, 4.69) is 9.57 Å². The fourth-order valence-electron chi connectivity index (χ4n) is 0.434. The molecule has 0 aliphatic rings. The Morgan fingerprint density at radius 3 is 2.64 bits per heavy atom. The number of hydrogen-bond acceptors (Lipinski definition) is 4. The van der Waals surface area contributed by atoms with Gasteiger partial charge in [-0.15, -0.1) is 0 Å². The van der Waals surface area contributed by atoms with E-state index >= 15 is 0 Å². The molecule has 66 valence electrons. The number of nitrogens with zero attached hydrogens (tertiary/aromatic N) is 1. The van der Waals surface area contributed by atoms with Crippen LogP contribution in [0.4, 0.5) is 4.79 Å². The Balaban J connectivity index is 3.17. The SMILES string of the molecule is CONC(=O)OCCN(C)C. The zero-order valence-corrected chi connectivity index (χ0v) is 7.09. The number of rotatable bonds is 4. The molecular formula is C6H14N2O3. The average molecular weight is 162 g/mol. The van der Waals surface area contributed by atoms with E-state index < -0.39 is 6.09 Å². The molecule has 0 rings (SSSR count). The van der Waals surface area contributed by atoms with Crippen molar-refractivity contribution in [2.75, 3.05) is 34.4 Å². The van der Waals surface area contributed by atoms with Gasteiger partial charge in [0.1, 0.15) is 6.61 Å². The van der Waals surface area contributed by atoms with E-state index in [-0.39, 0.29) is 0 Å². The maximum absolute atomic E-state index is 10.5. The summed E-state index contributed by atoms with van der Waals surface area (Å²) in [6.45, 7) is 1.07. The Morgan fingerprint density at radius 2 is 2.18 bits per heavy atom. The van der Waals surface area contributed by atoms with Crippen molar-refractivity contribution < 1.29 is 14.4 Å². The molecule has 5 nitrogen and oxygen atoms in total. The standard InChI is InChI=1S/C6H14N2O3/c1-8(2)4-5-11-6(9)7-10-3/h4-5H2,1-3H3,(H,7,9). The van der Waals surface area contributed by atoms with Gasteiger partial charge >= 0.3 is 6.09 Å². The van der Waals surface area contributed by atoms with Crippen molar-refractivity contribution in [1.82, 2.24) is 10.4 Å². The summed E-state index contributed by atoms with van der Waals surface area (Å²) in [6, 6.07) is 0. The van der Waals surface area contributed by atoms with Crippen LogP contribution in [0.2, 0.25) is 0 Å². The Labute approximate surface area is 66.2 Å². The first-order chi connectivity index (χ1) is 5.16. The molecular weight excluding hydrogens is 148 g/mol. The molecule has 0 spiro atoms. The maximum Gasteiger partial charge on any atom is 0.431 e. The van der Waals surface area contributed by atoms with E-state index in [1.165, 1.54) is 7.11 Å². The van der Waals surface area contributed by atoms with Gasteiger partial charge in [-0.3, -0.25) is 4.84 Å². The smallest absolute Gasteiger partial charge is 0.431 e. The summed E-state index contributed by atoms with van der Waals surface area (Å²) in [7, 11) is 5.16. The highest BCUT2D eigenvalue weighted by Crippen LogP contribution is 1.79. The zero-order chi connectivity index (χ0) is 8.69. The zero-order valence-electron chi connectivity index (χ0n) is 7.09. The van der Waals surface area contributed by atoms with Gasteiger partial charge < -0.3 is 9.64 Å². The van der Waals surface area contributed by atoms with Gasteiger partial charge in [0.05, 0.1) is 7.11 Å². The summed E-state index contributed by atoms with van der Waals surface area (Å²) in [5, 5.41) is 0. The molecule has 1 N–H and O–H groups in total. The van der Waals surface area contributed by atoms with Crippen molar-refractivity contribution in [3.8, 4) is 0 Å². The summed E-state index contributed by atoms with van der Waals surface area (Å²) in [5.41, 5.74) is 2.04. The fraction of sp³-hybridized carbons (Fsp3) is 0.833. The van der Waals surface area contributed by atoms with E-state index in [0.717, 1.165) is 0 Å². The molecule has 0 atom stereocenters. The van der Waals surface area contributed by atoms with E-state index in [9.17, 15) is 4.79 Å². The van der Waals surface area contributed by atoms with Gasteiger partial charge in [0.2, 0.25) is 0 Å². The van der Waals surface area contributed by atoms with E-state index in [1.54, 1.807) is 0 Å². The molecule has 0 aliphatic carbocycles. The van der Waals surface area contributed by atoms with Crippen LogP contribution in [-0.2, 0) is 9.57 Å². The molecule has 0 saturated carbocycles. The average Bonchev–Trinajstić information content (AvgIpc) is 1.87. The lowest BCUT2D eigenvalue weighted by atomic mass is 10.6. The summed E-state index contributed by atoms with van der Waals surface area (Å²) >= 11 is 0.